The lowest BCUT2D eigenvalue weighted by molar-refractivity contribution is -0.137. The third kappa shape index (κ3) is 4.90. The van der Waals surface area contributed by atoms with Gasteiger partial charge in [0.05, 0.1) is 5.92 Å². The summed E-state index contributed by atoms with van der Waals surface area (Å²) < 4.78 is 14.2. The molecule has 0 spiro atoms. The van der Waals surface area contributed by atoms with Gasteiger partial charge < -0.3 is 9.80 Å². The van der Waals surface area contributed by atoms with Gasteiger partial charge in [0.25, 0.3) is 0 Å². The summed E-state index contributed by atoms with van der Waals surface area (Å²) in [6.45, 7) is 4.97. The van der Waals surface area contributed by atoms with Crippen molar-refractivity contribution >= 4 is 34.8 Å². The number of piperazine rings is 1. The van der Waals surface area contributed by atoms with Crippen LogP contribution in [0.25, 0.3) is 0 Å². The number of halogens is 3. The molecule has 160 valence electrons. The number of nitrogens with zero attached hydrogens (tertiary/aromatic N) is 3. The molecule has 0 saturated carbocycles. The van der Waals surface area contributed by atoms with Crippen molar-refractivity contribution in [3.63, 3.8) is 0 Å². The predicted molar refractivity (Wildman–Crippen MR) is 120 cm³/mol. The first-order valence-corrected chi connectivity index (χ1v) is 11.2. The van der Waals surface area contributed by atoms with Gasteiger partial charge in [0, 0.05) is 60.6 Å². The minimum atomic E-state index is -0.284. The lowest BCUT2D eigenvalue weighted by Gasteiger charge is -2.39. The monoisotopic (exact) mass is 449 g/mol. The highest BCUT2D eigenvalue weighted by Crippen LogP contribution is 2.26. The first kappa shape index (κ1) is 21.4. The molecule has 0 aliphatic carbocycles. The molecule has 0 bridgehead atoms. The molecule has 2 aliphatic heterocycles. The van der Waals surface area contributed by atoms with Crippen LogP contribution in [0.5, 0.6) is 0 Å². The van der Waals surface area contributed by atoms with Crippen LogP contribution in [-0.2, 0) is 11.3 Å². The van der Waals surface area contributed by atoms with E-state index in [1.165, 1.54) is 6.07 Å². The molecular formula is C23H26Cl2FN3O. The van der Waals surface area contributed by atoms with Gasteiger partial charge in [0.1, 0.15) is 5.82 Å². The van der Waals surface area contributed by atoms with Crippen LogP contribution < -0.4 is 4.90 Å². The van der Waals surface area contributed by atoms with Crippen LogP contribution in [0.4, 0.5) is 10.1 Å². The molecule has 2 aliphatic rings. The molecule has 4 nitrogen and oxygen atoms in total. The quantitative estimate of drug-likeness (QED) is 0.676. The normalized spacial score (nSPS) is 20.4. The molecule has 2 aromatic rings. The fraction of sp³-hybridized carbons (Fsp3) is 0.435. The SMILES string of the molecule is O=C(C1CCCN(Cc2c(F)cccc2Cl)C1)N1CCN(c2cccc(Cl)c2)CC1. The number of hydrogen-bond acceptors (Lipinski definition) is 3. The number of anilines is 1. The molecule has 1 atom stereocenters. The molecule has 1 amide bonds. The van der Waals surface area contributed by atoms with Gasteiger partial charge in [-0.1, -0.05) is 35.3 Å². The number of piperidine rings is 1. The average molecular weight is 450 g/mol. The molecule has 1 unspecified atom stereocenters. The van der Waals surface area contributed by atoms with Crippen molar-refractivity contribution in [3.05, 3.63) is 63.9 Å². The number of carbonyl (C=O) groups excluding carboxylic acids is 1. The van der Waals surface area contributed by atoms with Crippen LogP contribution in [0.2, 0.25) is 10.0 Å². The second-order valence-corrected chi connectivity index (χ2v) is 8.91. The van der Waals surface area contributed by atoms with Crippen molar-refractivity contribution in [1.82, 2.24) is 9.80 Å². The van der Waals surface area contributed by atoms with Crippen molar-refractivity contribution in [2.45, 2.75) is 19.4 Å². The number of rotatable bonds is 4. The molecule has 7 heteroatoms. The second-order valence-electron chi connectivity index (χ2n) is 8.07. The Kier molecular flexibility index (Phi) is 6.81. The van der Waals surface area contributed by atoms with Gasteiger partial charge in [0.2, 0.25) is 5.91 Å². The Labute approximate surface area is 187 Å². The van der Waals surface area contributed by atoms with E-state index in [1.54, 1.807) is 12.1 Å². The van der Waals surface area contributed by atoms with E-state index in [1.807, 2.05) is 23.1 Å². The minimum Gasteiger partial charge on any atom is -0.368 e. The van der Waals surface area contributed by atoms with Crippen molar-refractivity contribution in [1.29, 1.82) is 0 Å². The fourth-order valence-electron chi connectivity index (χ4n) is 4.42. The second kappa shape index (κ2) is 9.54. The van der Waals surface area contributed by atoms with Crippen LogP contribution in [0.1, 0.15) is 18.4 Å². The lowest BCUT2D eigenvalue weighted by Crippen LogP contribution is -2.52. The summed E-state index contributed by atoms with van der Waals surface area (Å²) in [6.07, 6.45) is 1.82. The van der Waals surface area contributed by atoms with E-state index in [4.69, 9.17) is 23.2 Å². The van der Waals surface area contributed by atoms with E-state index in [2.05, 4.69) is 15.9 Å². The average Bonchev–Trinajstić information content (AvgIpc) is 2.76. The van der Waals surface area contributed by atoms with E-state index in [-0.39, 0.29) is 17.6 Å². The molecule has 4 rings (SSSR count). The summed E-state index contributed by atoms with van der Waals surface area (Å²) in [5, 5.41) is 1.17. The molecule has 0 N–H and O–H groups in total. The zero-order valence-corrected chi connectivity index (χ0v) is 18.4. The molecule has 2 heterocycles. The Hall–Kier alpha value is -1.82. The zero-order valence-electron chi connectivity index (χ0n) is 16.9. The maximum Gasteiger partial charge on any atom is 0.227 e. The topological polar surface area (TPSA) is 26.8 Å². The Bertz CT molecular complexity index is 882. The maximum atomic E-state index is 14.2. The van der Waals surface area contributed by atoms with Gasteiger partial charge in [-0.2, -0.15) is 0 Å². The van der Waals surface area contributed by atoms with Gasteiger partial charge in [-0.3, -0.25) is 9.69 Å². The van der Waals surface area contributed by atoms with Gasteiger partial charge in [0.15, 0.2) is 0 Å². The molecule has 2 saturated heterocycles. The largest absolute Gasteiger partial charge is 0.368 e. The Morgan fingerprint density at radius 2 is 1.80 bits per heavy atom. The van der Waals surface area contributed by atoms with Crippen LogP contribution in [-0.4, -0.2) is 55.0 Å². The van der Waals surface area contributed by atoms with Crippen molar-refractivity contribution in [2.24, 2.45) is 5.92 Å². The van der Waals surface area contributed by atoms with Crippen LogP contribution in [0, 0.1) is 11.7 Å². The summed E-state index contributed by atoms with van der Waals surface area (Å²) in [6, 6.07) is 12.6. The first-order valence-electron chi connectivity index (χ1n) is 10.5. The Morgan fingerprint density at radius 3 is 2.53 bits per heavy atom. The van der Waals surface area contributed by atoms with Crippen molar-refractivity contribution in [2.75, 3.05) is 44.2 Å². The highest BCUT2D eigenvalue weighted by atomic mass is 35.5. The van der Waals surface area contributed by atoms with Crippen LogP contribution in [0.15, 0.2) is 42.5 Å². The van der Waals surface area contributed by atoms with Gasteiger partial charge in [-0.25, -0.2) is 4.39 Å². The van der Waals surface area contributed by atoms with Gasteiger partial charge >= 0.3 is 0 Å². The van der Waals surface area contributed by atoms with Crippen LogP contribution >= 0.6 is 23.2 Å². The Morgan fingerprint density at radius 1 is 1.03 bits per heavy atom. The fourth-order valence-corrected chi connectivity index (χ4v) is 4.83. The van der Waals surface area contributed by atoms with E-state index >= 15 is 0 Å². The molecule has 0 aromatic heterocycles. The summed E-state index contributed by atoms with van der Waals surface area (Å²) in [7, 11) is 0. The number of amides is 1. The van der Waals surface area contributed by atoms with Gasteiger partial charge in [-0.15, -0.1) is 0 Å². The standard InChI is InChI=1S/C23H26Cl2FN3O/c24-18-5-1-6-19(14-18)28-10-12-29(13-11-28)23(30)17-4-3-9-27(15-17)16-20-21(25)7-2-8-22(20)26/h1-2,5-8,14,17H,3-4,9-13,15-16H2. The maximum absolute atomic E-state index is 14.2. The number of likely N-dealkylation sites (tertiary alicyclic amines) is 1. The summed E-state index contributed by atoms with van der Waals surface area (Å²) >= 11 is 12.3. The molecule has 2 fully saturated rings. The highest BCUT2D eigenvalue weighted by molar-refractivity contribution is 6.31. The van der Waals surface area contributed by atoms with Crippen molar-refractivity contribution in [3.8, 4) is 0 Å². The van der Waals surface area contributed by atoms with E-state index < -0.39 is 0 Å². The molecule has 30 heavy (non-hydrogen) atoms. The highest BCUT2D eigenvalue weighted by Gasteiger charge is 2.31. The molecule has 0 radical (unpaired) electrons. The van der Waals surface area contributed by atoms with E-state index in [0.29, 0.717) is 36.8 Å². The number of hydrogen-bond donors (Lipinski definition) is 0. The Balaban J connectivity index is 1.33. The molecule has 2 aromatic carbocycles. The number of carbonyl (C=O) groups is 1. The van der Waals surface area contributed by atoms with Crippen LogP contribution in [0.3, 0.4) is 0 Å². The third-order valence-electron chi connectivity index (χ3n) is 6.06. The third-order valence-corrected chi connectivity index (χ3v) is 6.65. The van der Waals surface area contributed by atoms with E-state index in [9.17, 15) is 9.18 Å². The lowest BCUT2D eigenvalue weighted by atomic mass is 9.95. The molecular weight excluding hydrogens is 424 g/mol. The van der Waals surface area contributed by atoms with Gasteiger partial charge in [-0.05, 0) is 49.7 Å². The van der Waals surface area contributed by atoms with Crippen molar-refractivity contribution < 1.29 is 9.18 Å². The summed E-state index contributed by atoms with van der Waals surface area (Å²) in [4.78, 5) is 19.5. The summed E-state index contributed by atoms with van der Waals surface area (Å²) in [5.41, 5.74) is 1.61. The summed E-state index contributed by atoms with van der Waals surface area (Å²) in [5.74, 6) is -0.111. The smallest absolute Gasteiger partial charge is 0.227 e. The number of benzene rings is 2. The zero-order chi connectivity index (χ0) is 21.1. The first-order chi connectivity index (χ1) is 14.5. The van der Waals surface area contributed by atoms with E-state index in [0.717, 1.165) is 43.2 Å². The predicted octanol–water partition coefficient (Wildman–Crippen LogP) is 4.69. The minimum absolute atomic E-state index is 0.0398.